The van der Waals surface area contributed by atoms with Gasteiger partial charge in [-0.1, -0.05) is 34.4 Å². The summed E-state index contributed by atoms with van der Waals surface area (Å²) in [5.41, 5.74) is 1.65. The number of hydrogen-bond donors (Lipinski definition) is 0. The number of methoxy groups -OCH3 is 1. The van der Waals surface area contributed by atoms with Crippen LogP contribution in [0.25, 0.3) is 11.4 Å². The SMILES string of the molecule is COc1ccc(-c2noc(CCC(=O)N(C)Cc3ccc(Cl)cc3Cl)n2)cc1. The maximum atomic E-state index is 12.4. The van der Waals surface area contributed by atoms with Gasteiger partial charge in [0.15, 0.2) is 0 Å². The number of halogens is 2. The van der Waals surface area contributed by atoms with Crippen molar-refractivity contribution in [2.75, 3.05) is 14.2 Å². The number of amides is 1. The Morgan fingerprint density at radius 3 is 2.61 bits per heavy atom. The molecule has 3 aromatic rings. The molecule has 0 saturated carbocycles. The molecule has 8 heteroatoms. The van der Waals surface area contributed by atoms with E-state index in [4.69, 9.17) is 32.5 Å². The van der Waals surface area contributed by atoms with Crippen LogP contribution in [0.1, 0.15) is 17.9 Å². The first-order chi connectivity index (χ1) is 13.5. The number of nitrogens with zero attached hydrogens (tertiary/aromatic N) is 3. The molecule has 28 heavy (non-hydrogen) atoms. The fourth-order valence-corrected chi connectivity index (χ4v) is 3.08. The van der Waals surface area contributed by atoms with Crippen LogP contribution < -0.4 is 4.74 Å². The van der Waals surface area contributed by atoms with Crippen LogP contribution >= 0.6 is 23.2 Å². The van der Waals surface area contributed by atoms with Gasteiger partial charge in [-0.25, -0.2) is 0 Å². The summed E-state index contributed by atoms with van der Waals surface area (Å²) in [5.74, 6) is 1.60. The minimum absolute atomic E-state index is 0.0461. The van der Waals surface area contributed by atoms with E-state index in [0.29, 0.717) is 34.7 Å². The number of carbonyl (C=O) groups excluding carboxylic acids is 1. The van der Waals surface area contributed by atoms with E-state index in [2.05, 4.69) is 10.1 Å². The normalized spacial score (nSPS) is 10.7. The number of hydrogen-bond acceptors (Lipinski definition) is 5. The topological polar surface area (TPSA) is 68.5 Å². The van der Waals surface area contributed by atoms with Gasteiger partial charge in [-0.2, -0.15) is 4.98 Å². The number of rotatable bonds is 7. The van der Waals surface area contributed by atoms with Crippen LogP contribution in [0.4, 0.5) is 0 Å². The quantitative estimate of drug-likeness (QED) is 0.557. The van der Waals surface area contributed by atoms with E-state index in [-0.39, 0.29) is 12.3 Å². The van der Waals surface area contributed by atoms with Crippen LogP contribution in [-0.2, 0) is 17.8 Å². The molecular formula is C20H19Cl2N3O3. The molecule has 0 atom stereocenters. The molecule has 0 fully saturated rings. The Bertz CT molecular complexity index is 958. The molecule has 2 aromatic carbocycles. The van der Waals surface area contributed by atoms with E-state index in [1.54, 1.807) is 31.2 Å². The fraction of sp³-hybridized carbons (Fsp3) is 0.250. The zero-order valence-corrected chi connectivity index (χ0v) is 17.0. The summed E-state index contributed by atoms with van der Waals surface area (Å²) < 4.78 is 10.4. The third-order valence-corrected chi connectivity index (χ3v) is 4.80. The van der Waals surface area contributed by atoms with Crippen LogP contribution in [0, 0.1) is 0 Å². The van der Waals surface area contributed by atoms with Gasteiger partial charge >= 0.3 is 0 Å². The average molecular weight is 420 g/mol. The van der Waals surface area contributed by atoms with Crippen molar-refractivity contribution in [1.82, 2.24) is 15.0 Å². The molecule has 0 aliphatic carbocycles. The molecule has 0 bridgehead atoms. The highest BCUT2D eigenvalue weighted by atomic mass is 35.5. The number of benzene rings is 2. The molecule has 0 saturated heterocycles. The molecule has 0 aliphatic rings. The predicted octanol–water partition coefficient (Wildman–Crippen LogP) is 4.64. The lowest BCUT2D eigenvalue weighted by Crippen LogP contribution is -2.26. The fourth-order valence-electron chi connectivity index (χ4n) is 2.61. The number of aromatic nitrogens is 2. The van der Waals surface area contributed by atoms with E-state index in [1.165, 1.54) is 0 Å². The summed E-state index contributed by atoms with van der Waals surface area (Å²) in [6, 6.07) is 12.6. The van der Waals surface area contributed by atoms with Gasteiger partial charge < -0.3 is 14.2 Å². The van der Waals surface area contributed by atoms with Gasteiger partial charge in [0.25, 0.3) is 0 Å². The van der Waals surface area contributed by atoms with Crippen molar-refractivity contribution < 1.29 is 14.1 Å². The highest BCUT2D eigenvalue weighted by Crippen LogP contribution is 2.23. The zero-order chi connectivity index (χ0) is 20.1. The van der Waals surface area contributed by atoms with E-state index in [9.17, 15) is 4.79 Å². The molecule has 3 rings (SSSR count). The Labute approximate surface area is 173 Å². The van der Waals surface area contributed by atoms with Gasteiger partial charge in [-0.15, -0.1) is 0 Å². The summed E-state index contributed by atoms with van der Waals surface area (Å²) in [7, 11) is 3.33. The molecule has 1 amide bonds. The minimum Gasteiger partial charge on any atom is -0.497 e. The van der Waals surface area contributed by atoms with Gasteiger partial charge in [0.2, 0.25) is 17.6 Å². The van der Waals surface area contributed by atoms with Crippen molar-refractivity contribution in [2.45, 2.75) is 19.4 Å². The Hall–Kier alpha value is -2.57. The van der Waals surface area contributed by atoms with Crippen LogP contribution in [0.3, 0.4) is 0 Å². The van der Waals surface area contributed by atoms with E-state index >= 15 is 0 Å². The monoisotopic (exact) mass is 419 g/mol. The van der Waals surface area contributed by atoms with Gasteiger partial charge in [-0.05, 0) is 42.0 Å². The molecule has 1 heterocycles. The average Bonchev–Trinajstić information content (AvgIpc) is 3.17. The van der Waals surface area contributed by atoms with Gasteiger partial charge in [-0.3, -0.25) is 4.79 Å². The van der Waals surface area contributed by atoms with Crippen LogP contribution in [-0.4, -0.2) is 35.1 Å². The molecule has 0 aliphatic heterocycles. The smallest absolute Gasteiger partial charge is 0.227 e. The van der Waals surface area contributed by atoms with Crippen LogP contribution in [0.5, 0.6) is 5.75 Å². The lowest BCUT2D eigenvalue weighted by atomic mass is 10.2. The lowest BCUT2D eigenvalue weighted by Gasteiger charge is -2.17. The first-order valence-corrected chi connectivity index (χ1v) is 9.37. The summed E-state index contributed by atoms with van der Waals surface area (Å²) in [6.07, 6.45) is 0.618. The molecule has 0 spiro atoms. The number of ether oxygens (including phenoxy) is 1. The van der Waals surface area contributed by atoms with Gasteiger partial charge in [0.1, 0.15) is 5.75 Å². The van der Waals surface area contributed by atoms with E-state index in [0.717, 1.165) is 16.9 Å². The van der Waals surface area contributed by atoms with Crippen LogP contribution in [0.2, 0.25) is 10.0 Å². The summed E-state index contributed by atoms with van der Waals surface area (Å²) in [5, 5.41) is 5.07. The molecule has 146 valence electrons. The Balaban J connectivity index is 1.56. The summed E-state index contributed by atoms with van der Waals surface area (Å²) in [4.78, 5) is 18.4. The minimum atomic E-state index is -0.0461. The number of carbonyl (C=O) groups is 1. The second kappa shape index (κ2) is 9.08. The highest BCUT2D eigenvalue weighted by molar-refractivity contribution is 6.35. The maximum Gasteiger partial charge on any atom is 0.227 e. The molecule has 6 nitrogen and oxygen atoms in total. The van der Waals surface area contributed by atoms with Crippen LogP contribution in [0.15, 0.2) is 47.0 Å². The zero-order valence-electron chi connectivity index (χ0n) is 15.5. The second-order valence-corrected chi connectivity index (χ2v) is 7.07. The van der Waals surface area contributed by atoms with Crippen molar-refractivity contribution in [2.24, 2.45) is 0 Å². The van der Waals surface area contributed by atoms with Crippen molar-refractivity contribution in [3.8, 4) is 17.1 Å². The predicted molar refractivity (Wildman–Crippen MR) is 108 cm³/mol. The summed E-state index contributed by atoms with van der Waals surface area (Å²) in [6.45, 7) is 0.399. The molecule has 0 unspecified atom stereocenters. The molecular weight excluding hydrogens is 401 g/mol. The van der Waals surface area contributed by atoms with Crippen molar-refractivity contribution in [3.63, 3.8) is 0 Å². The Morgan fingerprint density at radius 2 is 1.93 bits per heavy atom. The van der Waals surface area contributed by atoms with E-state index < -0.39 is 0 Å². The molecule has 0 radical (unpaired) electrons. The van der Waals surface area contributed by atoms with Gasteiger partial charge in [0, 0.05) is 42.0 Å². The second-order valence-electron chi connectivity index (χ2n) is 6.23. The molecule has 1 aromatic heterocycles. The first kappa shape index (κ1) is 20.2. The molecule has 0 N–H and O–H groups in total. The van der Waals surface area contributed by atoms with Crippen molar-refractivity contribution in [3.05, 3.63) is 64.0 Å². The Morgan fingerprint density at radius 1 is 1.18 bits per heavy atom. The Kier molecular flexibility index (Phi) is 6.54. The van der Waals surface area contributed by atoms with Crippen molar-refractivity contribution >= 4 is 29.1 Å². The largest absolute Gasteiger partial charge is 0.497 e. The summed E-state index contributed by atoms with van der Waals surface area (Å²) >= 11 is 12.1. The lowest BCUT2D eigenvalue weighted by molar-refractivity contribution is -0.130. The third-order valence-electron chi connectivity index (χ3n) is 4.22. The highest BCUT2D eigenvalue weighted by Gasteiger charge is 2.15. The van der Waals surface area contributed by atoms with Gasteiger partial charge in [0.05, 0.1) is 7.11 Å². The number of aryl methyl sites for hydroxylation is 1. The standard InChI is InChI=1S/C20H19Cl2N3O3/c1-25(12-14-3-6-15(21)11-17(14)22)19(26)10-9-18-23-20(24-28-18)13-4-7-16(27-2)8-5-13/h3-8,11H,9-10,12H2,1-2H3. The first-order valence-electron chi connectivity index (χ1n) is 8.61. The van der Waals surface area contributed by atoms with E-state index in [1.807, 2.05) is 30.3 Å². The third kappa shape index (κ3) is 5.03. The van der Waals surface area contributed by atoms with Crippen molar-refractivity contribution in [1.29, 1.82) is 0 Å². The maximum absolute atomic E-state index is 12.4.